The van der Waals surface area contributed by atoms with Crippen LogP contribution in [-0.2, 0) is 32.7 Å². The topological polar surface area (TPSA) is 131 Å². The van der Waals surface area contributed by atoms with Crippen molar-refractivity contribution in [3.63, 3.8) is 0 Å². The zero-order chi connectivity index (χ0) is 45.1. The van der Waals surface area contributed by atoms with Gasteiger partial charge in [0.1, 0.15) is 19.8 Å². The second kappa shape index (κ2) is 41.9. The van der Waals surface area contributed by atoms with Crippen LogP contribution >= 0.6 is 7.82 Å². The van der Waals surface area contributed by atoms with Gasteiger partial charge in [-0.15, -0.1) is 0 Å². The van der Waals surface area contributed by atoms with E-state index in [1.54, 1.807) is 6.08 Å². The van der Waals surface area contributed by atoms with Crippen LogP contribution in [0.2, 0.25) is 0 Å². The number of carbonyl (C=O) groups is 2. The molecule has 356 valence electrons. The number of ether oxygens (including phenoxy) is 2. The summed E-state index contributed by atoms with van der Waals surface area (Å²) in [6, 6.07) is 0. The van der Waals surface area contributed by atoms with Crippen LogP contribution in [-0.4, -0.2) is 81.2 Å². The fraction of sp³-hybridized carbons (Fsp3) is 0.800. The third kappa shape index (κ3) is 45.8. The number of quaternary nitrogens is 1. The van der Waals surface area contributed by atoms with Gasteiger partial charge in [-0.25, -0.2) is 0 Å². The second-order valence-corrected chi connectivity index (χ2v) is 19.1. The maximum atomic E-state index is 12.7. The molecular weight excluding hydrogens is 790 g/mol. The van der Waals surface area contributed by atoms with E-state index in [4.69, 9.17) is 18.5 Å². The molecular formula is C50H92NO9P. The highest BCUT2D eigenvalue weighted by atomic mass is 31.2. The van der Waals surface area contributed by atoms with Crippen molar-refractivity contribution in [1.82, 2.24) is 0 Å². The molecule has 2 unspecified atom stereocenters. The van der Waals surface area contributed by atoms with Gasteiger partial charge in [0, 0.05) is 12.8 Å². The molecule has 0 aliphatic heterocycles. The summed E-state index contributed by atoms with van der Waals surface area (Å²) in [4.78, 5) is 37.6. The van der Waals surface area contributed by atoms with Crippen LogP contribution in [0.25, 0.3) is 0 Å². The Labute approximate surface area is 374 Å². The highest BCUT2D eigenvalue weighted by molar-refractivity contribution is 7.45. The molecule has 0 radical (unpaired) electrons. The van der Waals surface area contributed by atoms with Crippen LogP contribution in [0.3, 0.4) is 0 Å². The minimum absolute atomic E-state index is 0.0456. The molecule has 3 atom stereocenters. The van der Waals surface area contributed by atoms with E-state index in [0.29, 0.717) is 23.9 Å². The second-order valence-electron chi connectivity index (χ2n) is 17.6. The van der Waals surface area contributed by atoms with Gasteiger partial charge < -0.3 is 33.0 Å². The van der Waals surface area contributed by atoms with Gasteiger partial charge in [-0.05, 0) is 64.2 Å². The van der Waals surface area contributed by atoms with Gasteiger partial charge in [-0.1, -0.05) is 172 Å². The number of aliphatic hydroxyl groups excluding tert-OH is 1. The number of nitrogens with zero attached hydrogens (tertiary/aromatic N) is 1. The lowest BCUT2D eigenvalue weighted by Crippen LogP contribution is -2.37. The number of hydrogen-bond acceptors (Lipinski definition) is 9. The molecule has 0 amide bonds. The first-order chi connectivity index (χ1) is 29.4. The Morgan fingerprint density at radius 1 is 0.607 bits per heavy atom. The van der Waals surface area contributed by atoms with Gasteiger partial charge in [0.15, 0.2) is 6.10 Å². The molecule has 0 heterocycles. The van der Waals surface area contributed by atoms with Gasteiger partial charge in [0.05, 0.1) is 33.9 Å². The number of unbranched alkanes of at least 4 members (excludes halogenated alkanes) is 22. The average Bonchev–Trinajstić information content (AvgIpc) is 3.21. The zero-order valence-electron chi connectivity index (χ0n) is 39.7. The molecule has 1 N–H and O–H groups in total. The molecule has 11 heteroatoms. The standard InChI is InChI=1S/C50H92NO9P/c1-6-8-10-11-12-13-14-15-16-17-18-19-20-21-22-23-24-27-30-33-37-41-49(53)57-45-48(46-59-61(55,56)58-44-43-51(3,4)5)60-50(54)42-38-34-31-28-25-26-29-32-36-40-47(52)39-35-9-7-2/h9,15-16,29,32,35-36,40,47-48,52H,6-8,10-14,17-28,30-31,33-34,37-39,41-46H2,1-5H3/b16-15-,32-29+,35-9+,40-36+/t47?,48-/m1/s1. The number of phosphoric ester groups is 1. The quantitative estimate of drug-likeness (QED) is 0.0159. The Morgan fingerprint density at radius 3 is 1.62 bits per heavy atom. The van der Waals surface area contributed by atoms with Crippen LogP contribution in [0.4, 0.5) is 0 Å². The van der Waals surface area contributed by atoms with Crippen LogP contribution in [0.15, 0.2) is 48.6 Å². The van der Waals surface area contributed by atoms with Crippen molar-refractivity contribution >= 4 is 19.8 Å². The lowest BCUT2D eigenvalue weighted by atomic mass is 10.0. The molecule has 61 heavy (non-hydrogen) atoms. The largest absolute Gasteiger partial charge is 0.756 e. The number of aliphatic hydroxyl groups is 1. The maximum absolute atomic E-state index is 12.7. The molecule has 0 fully saturated rings. The Kier molecular flexibility index (Phi) is 40.5. The van der Waals surface area contributed by atoms with Gasteiger partial charge in [-0.3, -0.25) is 14.2 Å². The molecule has 0 aliphatic carbocycles. The lowest BCUT2D eigenvalue weighted by molar-refractivity contribution is -0.870. The van der Waals surface area contributed by atoms with Crippen molar-refractivity contribution in [2.45, 2.75) is 212 Å². The summed E-state index contributed by atoms with van der Waals surface area (Å²) in [5.41, 5.74) is 0. The summed E-state index contributed by atoms with van der Waals surface area (Å²) < 4.78 is 33.9. The van der Waals surface area contributed by atoms with Crippen molar-refractivity contribution in [1.29, 1.82) is 0 Å². The van der Waals surface area contributed by atoms with Gasteiger partial charge >= 0.3 is 11.9 Å². The molecule has 0 saturated heterocycles. The molecule has 0 aromatic rings. The lowest BCUT2D eigenvalue weighted by Gasteiger charge is -2.28. The first kappa shape index (κ1) is 58.9. The predicted molar refractivity (Wildman–Crippen MR) is 251 cm³/mol. The molecule has 0 bridgehead atoms. The van der Waals surface area contributed by atoms with E-state index in [1.807, 2.05) is 45.4 Å². The first-order valence-corrected chi connectivity index (χ1v) is 25.9. The van der Waals surface area contributed by atoms with E-state index in [2.05, 4.69) is 32.1 Å². The Balaban J connectivity index is 4.31. The molecule has 10 nitrogen and oxygen atoms in total. The summed E-state index contributed by atoms with van der Waals surface area (Å²) in [7, 11) is 1.12. The number of esters is 2. The average molecular weight is 882 g/mol. The summed E-state index contributed by atoms with van der Waals surface area (Å²) in [5.74, 6) is -0.887. The Morgan fingerprint density at radius 2 is 1.10 bits per heavy atom. The molecule has 0 aromatic carbocycles. The number of rotatable bonds is 44. The minimum atomic E-state index is -4.65. The molecule has 0 saturated carbocycles. The SMILES string of the molecule is CC/C=C/CC(O)/C=C/C=C/CCCCCCCC(=O)O[C@H](COC(=O)CCCCCCCCCCCCC/C=C\CCCCCCCC)COP(=O)([O-])OCC[N+](C)(C)C. The summed E-state index contributed by atoms with van der Waals surface area (Å²) >= 11 is 0. The van der Waals surface area contributed by atoms with E-state index in [1.165, 1.54) is 103 Å². The number of carbonyl (C=O) groups excluding carboxylic acids is 2. The van der Waals surface area contributed by atoms with E-state index < -0.39 is 38.6 Å². The van der Waals surface area contributed by atoms with Crippen LogP contribution in [0, 0.1) is 0 Å². The number of likely N-dealkylation sites (N-methyl/N-ethyl adjacent to an activating group) is 1. The van der Waals surface area contributed by atoms with Crippen LogP contribution in [0.5, 0.6) is 0 Å². The highest BCUT2D eigenvalue weighted by Gasteiger charge is 2.21. The number of hydrogen-bond donors (Lipinski definition) is 1. The Hall–Kier alpha value is -2.07. The zero-order valence-corrected chi connectivity index (χ0v) is 40.6. The number of phosphoric acid groups is 1. The van der Waals surface area contributed by atoms with Crippen molar-refractivity contribution in [2.24, 2.45) is 0 Å². The molecule has 0 aromatic heterocycles. The van der Waals surface area contributed by atoms with Gasteiger partial charge in [0.2, 0.25) is 0 Å². The third-order valence-corrected chi connectivity index (χ3v) is 11.4. The summed E-state index contributed by atoms with van der Waals surface area (Å²) in [6.45, 7) is 3.98. The number of allylic oxidation sites excluding steroid dienone is 6. The van der Waals surface area contributed by atoms with E-state index in [9.17, 15) is 24.2 Å². The first-order valence-electron chi connectivity index (χ1n) is 24.5. The summed E-state index contributed by atoms with van der Waals surface area (Å²) in [6.07, 6.45) is 46.1. The maximum Gasteiger partial charge on any atom is 0.306 e. The van der Waals surface area contributed by atoms with Crippen molar-refractivity contribution in [3.8, 4) is 0 Å². The normalized spacial score (nSPS) is 14.4. The monoisotopic (exact) mass is 882 g/mol. The third-order valence-electron chi connectivity index (χ3n) is 10.4. The minimum Gasteiger partial charge on any atom is -0.756 e. The Bertz CT molecular complexity index is 1200. The fourth-order valence-corrected chi connectivity index (χ4v) is 7.30. The van der Waals surface area contributed by atoms with E-state index >= 15 is 0 Å². The summed E-state index contributed by atoms with van der Waals surface area (Å²) in [5, 5.41) is 9.90. The van der Waals surface area contributed by atoms with Crippen LogP contribution < -0.4 is 4.89 Å². The van der Waals surface area contributed by atoms with Gasteiger partial charge in [0.25, 0.3) is 7.82 Å². The molecule has 0 spiro atoms. The smallest absolute Gasteiger partial charge is 0.306 e. The van der Waals surface area contributed by atoms with Crippen molar-refractivity contribution < 1.29 is 47.2 Å². The molecule has 0 rings (SSSR count). The van der Waals surface area contributed by atoms with Crippen molar-refractivity contribution in [2.75, 3.05) is 47.5 Å². The van der Waals surface area contributed by atoms with E-state index in [0.717, 1.165) is 57.8 Å². The predicted octanol–water partition coefficient (Wildman–Crippen LogP) is 12.6. The van der Waals surface area contributed by atoms with Gasteiger partial charge in [-0.2, -0.15) is 0 Å². The highest BCUT2D eigenvalue weighted by Crippen LogP contribution is 2.38. The fourth-order valence-electron chi connectivity index (χ4n) is 6.57. The van der Waals surface area contributed by atoms with Crippen molar-refractivity contribution in [3.05, 3.63) is 48.6 Å². The molecule has 0 aliphatic rings. The van der Waals surface area contributed by atoms with E-state index in [-0.39, 0.29) is 26.1 Å². The van der Waals surface area contributed by atoms with Crippen LogP contribution in [0.1, 0.15) is 200 Å².